The highest BCUT2D eigenvalue weighted by atomic mass is 32.2. The second-order valence-corrected chi connectivity index (χ2v) is 6.80. The Bertz CT molecular complexity index is 366. The third kappa shape index (κ3) is 3.67. The van der Waals surface area contributed by atoms with Gasteiger partial charge in [0.2, 0.25) is 10.0 Å². The first kappa shape index (κ1) is 14.4. The monoisotopic (exact) mass is 263 g/mol. The fourth-order valence-electron chi connectivity index (χ4n) is 2.12. The number of sulfonamides is 1. The number of carbonyl (C=O) groups is 1. The van der Waals surface area contributed by atoms with Gasteiger partial charge in [0, 0.05) is 6.54 Å². The van der Waals surface area contributed by atoms with Crippen molar-refractivity contribution < 1.29 is 18.3 Å². The van der Waals surface area contributed by atoms with Crippen molar-refractivity contribution in [2.24, 2.45) is 5.92 Å². The number of hydrogen-bond donors (Lipinski definition) is 1. The van der Waals surface area contributed by atoms with Crippen LogP contribution in [0.3, 0.4) is 0 Å². The lowest BCUT2D eigenvalue weighted by Gasteiger charge is -2.34. The molecule has 1 heterocycles. The molecular formula is C11H21NO4S. The molecule has 2 atom stereocenters. The molecule has 0 radical (unpaired) electrons. The Labute approximate surface area is 103 Å². The summed E-state index contributed by atoms with van der Waals surface area (Å²) in [7, 11) is -3.41. The Hall–Kier alpha value is -0.620. The van der Waals surface area contributed by atoms with Crippen molar-refractivity contribution in [1.29, 1.82) is 0 Å². The van der Waals surface area contributed by atoms with Crippen LogP contribution < -0.4 is 0 Å². The van der Waals surface area contributed by atoms with E-state index in [1.165, 1.54) is 4.31 Å². The van der Waals surface area contributed by atoms with Crippen molar-refractivity contribution in [2.75, 3.05) is 12.3 Å². The Morgan fingerprint density at radius 3 is 2.65 bits per heavy atom. The summed E-state index contributed by atoms with van der Waals surface area (Å²) < 4.78 is 25.2. The average Bonchev–Trinajstić information content (AvgIpc) is 2.26. The number of carboxylic acid groups (broad SMARTS) is 1. The molecule has 5 nitrogen and oxygen atoms in total. The van der Waals surface area contributed by atoms with Gasteiger partial charge in [0.1, 0.15) is 6.04 Å². The summed E-state index contributed by atoms with van der Waals surface area (Å²) in [6.45, 7) is 4.22. The first-order valence-corrected chi connectivity index (χ1v) is 7.71. The van der Waals surface area contributed by atoms with Crippen LogP contribution in [0.5, 0.6) is 0 Å². The maximum absolute atomic E-state index is 12.0. The molecule has 0 spiro atoms. The fourth-order valence-corrected chi connectivity index (χ4v) is 3.96. The zero-order chi connectivity index (χ0) is 13.1. The predicted molar refractivity (Wildman–Crippen MR) is 65.2 cm³/mol. The number of nitrogens with zero attached hydrogens (tertiary/aromatic N) is 1. The SMILES string of the molecule is CCCCS(=O)(=O)N1CCC(C)CC1C(=O)O. The lowest BCUT2D eigenvalue weighted by Crippen LogP contribution is -2.50. The summed E-state index contributed by atoms with van der Waals surface area (Å²) >= 11 is 0. The van der Waals surface area contributed by atoms with Crippen molar-refractivity contribution in [3.8, 4) is 0 Å². The number of rotatable bonds is 5. The number of carboxylic acids is 1. The van der Waals surface area contributed by atoms with Gasteiger partial charge in [-0.05, 0) is 25.2 Å². The smallest absolute Gasteiger partial charge is 0.322 e. The molecule has 0 saturated carbocycles. The standard InChI is InChI=1S/C11H21NO4S/c1-3-4-7-17(15,16)12-6-5-9(2)8-10(12)11(13)14/h9-10H,3-8H2,1-2H3,(H,13,14). The third-order valence-electron chi connectivity index (χ3n) is 3.21. The zero-order valence-corrected chi connectivity index (χ0v) is 11.2. The average molecular weight is 263 g/mol. The maximum Gasteiger partial charge on any atom is 0.322 e. The van der Waals surface area contributed by atoms with Gasteiger partial charge >= 0.3 is 5.97 Å². The van der Waals surface area contributed by atoms with Gasteiger partial charge in [-0.25, -0.2) is 8.42 Å². The topological polar surface area (TPSA) is 74.7 Å². The van der Waals surface area contributed by atoms with E-state index in [1.807, 2.05) is 13.8 Å². The molecule has 17 heavy (non-hydrogen) atoms. The zero-order valence-electron chi connectivity index (χ0n) is 10.4. The molecule has 1 aliphatic rings. The van der Waals surface area contributed by atoms with Crippen molar-refractivity contribution in [2.45, 2.75) is 45.6 Å². The second kappa shape index (κ2) is 5.82. The normalized spacial score (nSPS) is 26.9. The quantitative estimate of drug-likeness (QED) is 0.811. The molecule has 0 bridgehead atoms. The molecule has 6 heteroatoms. The van der Waals surface area contributed by atoms with E-state index in [-0.39, 0.29) is 11.7 Å². The minimum atomic E-state index is -3.41. The van der Waals surface area contributed by atoms with Crippen molar-refractivity contribution in [1.82, 2.24) is 4.31 Å². The van der Waals surface area contributed by atoms with E-state index in [0.717, 1.165) is 12.8 Å². The molecule has 0 aromatic rings. The largest absolute Gasteiger partial charge is 0.480 e. The van der Waals surface area contributed by atoms with Crippen molar-refractivity contribution >= 4 is 16.0 Å². The van der Waals surface area contributed by atoms with Gasteiger partial charge in [0.25, 0.3) is 0 Å². The third-order valence-corrected chi connectivity index (χ3v) is 5.17. The fraction of sp³-hybridized carbons (Fsp3) is 0.909. The Morgan fingerprint density at radius 2 is 2.12 bits per heavy atom. The van der Waals surface area contributed by atoms with Crippen LogP contribution in [0, 0.1) is 5.92 Å². The number of aliphatic carboxylic acids is 1. The van der Waals surface area contributed by atoms with E-state index in [0.29, 0.717) is 19.4 Å². The maximum atomic E-state index is 12.0. The molecule has 0 amide bonds. The minimum absolute atomic E-state index is 0.0572. The van der Waals surface area contributed by atoms with Gasteiger partial charge in [-0.2, -0.15) is 4.31 Å². The van der Waals surface area contributed by atoms with E-state index in [9.17, 15) is 13.2 Å². The molecule has 1 aliphatic heterocycles. The summed E-state index contributed by atoms with van der Waals surface area (Å²) in [5.41, 5.74) is 0. The second-order valence-electron chi connectivity index (χ2n) is 4.76. The molecule has 100 valence electrons. The van der Waals surface area contributed by atoms with Crippen molar-refractivity contribution in [3.63, 3.8) is 0 Å². The molecule has 2 unspecified atom stereocenters. The highest BCUT2D eigenvalue weighted by molar-refractivity contribution is 7.89. The molecule has 1 rings (SSSR count). The molecule has 1 saturated heterocycles. The molecule has 1 fully saturated rings. The first-order valence-electron chi connectivity index (χ1n) is 6.10. The molecule has 0 aliphatic carbocycles. The highest BCUT2D eigenvalue weighted by Gasteiger charge is 2.38. The van der Waals surface area contributed by atoms with Crippen LogP contribution in [0.15, 0.2) is 0 Å². The van der Waals surface area contributed by atoms with Crippen molar-refractivity contribution in [3.05, 3.63) is 0 Å². The van der Waals surface area contributed by atoms with Gasteiger partial charge in [0.05, 0.1) is 5.75 Å². The molecule has 1 N–H and O–H groups in total. The molecule has 0 aromatic carbocycles. The number of unbranched alkanes of at least 4 members (excludes halogenated alkanes) is 1. The summed E-state index contributed by atoms with van der Waals surface area (Å²) in [6, 6.07) is -0.874. The van der Waals surface area contributed by atoms with Crippen LogP contribution in [0.25, 0.3) is 0 Å². The van der Waals surface area contributed by atoms with E-state index in [2.05, 4.69) is 0 Å². The Balaban J connectivity index is 2.82. The minimum Gasteiger partial charge on any atom is -0.480 e. The highest BCUT2D eigenvalue weighted by Crippen LogP contribution is 2.25. The first-order chi connectivity index (χ1) is 7.88. The van der Waals surface area contributed by atoms with Gasteiger partial charge in [-0.15, -0.1) is 0 Å². The van der Waals surface area contributed by atoms with E-state index < -0.39 is 22.0 Å². The van der Waals surface area contributed by atoms with Gasteiger partial charge in [-0.3, -0.25) is 4.79 Å². The van der Waals surface area contributed by atoms with Crippen LogP contribution in [0.1, 0.15) is 39.5 Å². The van der Waals surface area contributed by atoms with Gasteiger partial charge < -0.3 is 5.11 Å². The lowest BCUT2D eigenvalue weighted by molar-refractivity contribution is -0.142. The van der Waals surface area contributed by atoms with Crippen LogP contribution in [-0.4, -0.2) is 42.1 Å². The Morgan fingerprint density at radius 1 is 1.47 bits per heavy atom. The van der Waals surface area contributed by atoms with Crippen LogP contribution in [0.4, 0.5) is 0 Å². The summed E-state index contributed by atoms with van der Waals surface area (Å²) in [5.74, 6) is -0.702. The van der Waals surface area contributed by atoms with Crippen LogP contribution in [0.2, 0.25) is 0 Å². The van der Waals surface area contributed by atoms with Crippen LogP contribution in [-0.2, 0) is 14.8 Å². The number of piperidine rings is 1. The summed E-state index contributed by atoms with van der Waals surface area (Å²) in [5, 5.41) is 9.11. The van der Waals surface area contributed by atoms with Gasteiger partial charge in [0.15, 0.2) is 0 Å². The predicted octanol–water partition coefficient (Wildman–Crippen LogP) is 1.30. The molecular weight excluding hydrogens is 242 g/mol. The van der Waals surface area contributed by atoms with E-state index in [1.54, 1.807) is 0 Å². The summed E-state index contributed by atoms with van der Waals surface area (Å²) in [6.07, 6.45) is 2.54. The van der Waals surface area contributed by atoms with Crippen LogP contribution >= 0.6 is 0 Å². The van der Waals surface area contributed by atoms with E-state index >= 15 is 0 Å². The van der Waals surface area contributed by atoms with E-state index in [4.69, 9.17) is 5.11 Å². The summed E-state index contributed by atoms with van der Waals surface area (Å²) in [4.78, 5) is 11.1. The lowest BCUT2D eigenvalue weighted by atomic mass is 9.94. The Kier molecular flexibility index (Phi) is 4.94. The molecule has 0 aromatic heterocycles. The van der Waals surface area contributed by atoms with Gasteiger partial charge in [-0.1, -0.05) is 20.3 Å². The number of hydrogen-bond acceptors (Lipinski definition) is 3.